The van der Waals surface area contributed by atoms with E-state index in [2.05, 4.69) is 28.8 Å². The second-order valence-electron chi connectivity index (χ2n) is 6.86. The molecule has 1 aliphatic rings. The molecule has 2 N–H and O–H groups in total. The van der Waals surface area contributed by atoms with Crippen molar-refractivity contribution in [2.24, 2.45) is 0 Å². The smallest absolute Gasteiger partial charge is 0.251 e. The Labute approximate surface area is 131 Å². The maximum absolute atomic E-state index is 12.3. The van der Waals surface area contributed by atoms with Crippen LogP contribution in [0.25, 0.3) is 0 Å². The normalized spacial score (nSPS) is 13.4. The summed E-state index contributed by atoms with van der Waals surface area (Å²) in [5.74, 6) is -0.0166. The van der Waals surface area contributed by atoms with E-state index < -0.39 is 0 Å². The second kappa shape index (κ2) is 5.48. The molecule has 0 radical (unpaired) electrons. The fraction of sp³-hybridized carbons (Fsp3) is 0.316. The average Bonchev–Trinajstić information content (AvgIpc) is 2.63. The third-order valence-electron chi connectivity index (χ3n) is 3.81. The van der Waals surface area contributed by atoms with Gasteiger partial charge in [0.25, 0.3) is 5.91 Å². The summed E-state index contributed by atoms with van der Waals surface area (Å²) in [7, 11) is 0. The van der Waals surface area contributed by atoms with E-state index in [0.717, 1.165) is 29.8 Å². The van der Waals surface area contributed by atoms with Gasteiger partial charge in [0, 0.05) is 22.5 Å². The highest BCUT2D eigenvalue weighted by Gasteiger charge is 2.18. The van der Waals surface area contributed by atoms with E-state index in [1.54, 1.807) is 0 Å². The van der Waals surface area contributed by atoms with Crippen LogP contribution in [0.4, 0.5) is 11.4 Å². The predicted octanol–water partition coefficient (Wildman–Crippen LogP) is 4.06. The minimum Gasteiger partial charge on any atom is -0.355 e. The lowest BCUT2D eigenvalue weighted by atomic mass is 10.0. The van der Waals surface area contributed by atoms with E-state index in [4.69, 9.17) is 0 Å². The van der Waals surface area contributed by atoms with Gasteiger partial charge in [0.05, 0.1) is 0 Å². The first-order chi connectivity index (χ1) is 10.4. The third kappa shape index (κ3) is 3.14. The molecule has 2 aromatic rings. The van der Waals surface area contributed by atoms with Gasteiger partial charge in [-0.2, -0.15) is 0 Å². The number of rotatable bonds is 1. The van der Waals surface area contributed by atoms with Gasteiger partial charge in [-0.1, -0.05) is 18.2 Å². The molecule has 0 spiro atoms. The fourth-order valence-electron chi connectivity index (χ4n) is 2.75. The Morgan fingerprint density at radius 2 is 1.68 bits per heavy atom. The number of nitrogens with one attached hydrogen (secondary N) is 2. The number of hydrogen-bond donors (Lipinski definition) is 2. The van der Waals surface area contributed by atoms with Gasteiger partial charge in [0.15, 0.2) is 0 Å². The summed E-state index contributed by atoms with van der Waals surface area (Å²) in [5, 5.41) is 6.50. The zero-order valence-corrected chi connectivity index (χ0v) is 13.4. The maximum atomic E-state index is 12.3. The largest absolute Gasteiger partial charge is 0.355 e. The Bertz CT molecular complexity index is 714. The number of para-hydroxylation sites is 1. The summed E-state index contributed by atoms with van der Waals surface area (Å²) in [4.78, 5) is 12.3. The zero-order chi connectivity index (χ0) is 15.7. The first-order valence-electron chi connectivity index (χ1n) is 7.73. The van der Waals surface area contributed by atoms with Crippen LogP contribution in [0.1, 0.15) is 42.3 Å². The van der Waals surface area contributed by atoms with Crippen LogP contribution >= 0.6 is 0 Å². The summed E-state index contributed by atoms with van der Waals surface area (Å²) in [6.45, 7) is 5.98. The number of hydrogen-bond acceptors (Lipinski definition) is 2. The summed E-state index contributed by atoms with van der Waals surface area (Å²) < 4.78 is 0. The first kappa shape index (κ1) is 14.6. The highest BCUT2D eigenvalue weighted by atomic mass is 16.1. The number of benzene rings is 2. The van der Waals surface area contributed by atoms with E-state index >= 15 is 0 Å². The minimum absolute atomic E-state index is 0.0166. The molecule has 0 fully saturated rings. The molecule has 22 heavy (non-hydrogen) atoms. The molecule has 0 saturated carbocycles. The minimum atomic E-state index is -0.224. The van der Waals surface area contributed by atoms with Gasteiger partial charge in [0.2, 0.25) is 0 Å². The summed E-state index contributed by atoms with van der Waals surface area (Å²) in [6.07, 6.45) is 1.93. The number of aryl methyl sites for hydroxylation is 2. The number of fused-ring (bicyclic) bond motifs is 2. The van der Waals surface area contributed by atoms with Crippen molar-refractivity contribution in [3.05, 3.63) is 59.2 Å². The van der Waals surface area contributed by atoms with Crippen molar-refractivity contribution in [3.63, 3.8) is 0 Å². The van der Waals surface area contributed by atoms with Crippen molar-refractivity contribution >= 4 is 17.3 Å². The Kier molecular flexibility index (Phi) is 3.65. The van der Waals surface area contributed by atoms with Gasteiger partial charge >= 0.3 is 0 Å². The van der Waals surface area contributed by atoms with E-state index in [1.807, 2.05) is 45.0 Å². The molecule has 1 heterocycles. The Hall–Kier alpha value is -2.29. The van der Waals surface area contributed by atoms with Crippen LogP contribution in [0.2, 0.25) is 0 Å². The molecular formula is C19H22N2O. The molecular weight excluding hydrogens is 272 g/mol. The van der Waals surface area contributed by atoms with E-state index in [9.17, 15) is 4.79 Å². The van der Waals surface area contributed by atoms with Crippen molar-refractivity contribution < 1.29 is 4.79 Å². The highest BCUT2D eigenvalue weighted by Crippen LogP contribution is 2.30. The van der Waals surface area contributed by atoms with E-state index in [-0.39, 0.29) is 11.4 Å². The Morgan fingerprint density at radius 1 is 1.00 bits per heavy atom. The van der Waals surface area contributed by atoms with Crippen LogP contribution in [0.5, 0.6) is 0 Å². The van der Waals surface area contributed by atoms with Gasteiger partial charge in [-0.25, -0.2) is 0 Å². The van der Waals surface area contributed by atoms with Crippen molar-refractivity contribution in [1.29, 1.82) is 0 Å². The van der Waals surface area contributed by atoms with Gasteiger partial charge in [0.1, 0.15) is 0 Å². The summed E-state index contributed by atoms with van der Waals surface area (Å²) in [6, 6.07) is 14.3. The molecule has 1 aliphatic heterocycles. The first-order valence-corrected chi connectivity index (χ1v) is 7.73. The van der Waals surface area contributed by atoms with Crippen LogP contribution < -0.4 is 10.6 Å². The van der Waals surface area contributed by atoms with Crippen LogP contribution in [-0.2, 0) is 12.8 Å². The number of carbonyl (C=O) groups excluding carboxylic acids is 1. The van der Waals surface area contributed by atoms with Crippen LogP contribution in [-0.4, -0.2) is 11.4 Å². The molecule has 2 aromatic carbocycles. The fourth-order valence-corrected chi connectivity index (χ4v) is 2.75. The molecule has 0 atom stereocenters. The summed E-state index contributed by atoms with van der Waals surface area (Å²) >= 11 is 0. The van der Waals surface area contributed by atoms with E-state index in [0.29, 0.717) is 0 Å². The monoisotopic (exact) mass is 294 g/mol. The number of carbonyl (C=O) groups is 1. The van der Waals surface area contributed by atoms with Crippen molar-refractivity contribution in [1.82, 2.24) is 5.32 Å². The quantitative estimate of drug-likeness (QED) is 0.833. The summed E-state index contributed by atoms with van der Waals surface area (Å²) in [5.41, 5.74) is 5.27. The molecule has 0 bridgehead atoms. The van der Waals surface area contributed by atoms with Crippen LogP contribution in [0, 0.1) is 0 Å². The molecule has 3 rings (SSSR count). The van der Waals surface area contributed by atoms with Gasteiger partial charge in [-0.05, 0) is 69.0 Å². The molecule has 1 amide bonds. The van der Waals surface area contributed by atoms with Crippen molar-refractivity contribution in [2.45, 2.75) is 39.2 Å². The Morgan fingerprint density at radius 3 is 2.45 bits per heavy atom. The molecule has 0 saturated heterocycles. The third-order valence-corrected chi connectivity index (χ3v) is 3.81. The zero-order valence-electron chi connectivity index (χ0n) is 13.4. The molecule has 0 unspecified atom stereocenters. The second-order valence-corrected chi connectivity index (χ2v) is 6.86. The average molecular weight is 294 g/mol. The molecule has 114 valence electrons. The molecule has 3 nitrogen and oxygen atoms in total. The lowest BCUT2D eigenvalue weighted by Crippen LogP contribution is -2.40. The van der Waals surface area contributed by atoms with Gasteiger partial charge < -0.3 is 10.6 Å². The van der Waals surface area contributed by atoms with Gasteiger partial charge in [-0.15, -0.1) is 0 Å². The maximum Gasteiger partial charge on any atom is 0.251 e. The van der Waals surface area contributed by atoms with Crippen LogP contribution in [0.15, 0.2) is 42.5 Å². The predicted molar refractivity (Wildman–Crippen MR) is 90.8 cm³/mol. The van der Waals surface area contributed by atoms with Gasteiger partial charge in [-0.3, -0.25) is 4.79 Å². The topological polar surface area (TPSA) is 41.1 Å². The van der Waals surface area contributed by atoms with Crippen LogP contribution in [0.3, 0.4) is 0 Å². The highest BCUT2D eigenvalue weighted by molar-refractivity contribution is 5.95. The Balaban J connectivity index is 1.88. The standard InChI is InChI=1S/C19H22N2O/c1-19(2,3)21-18(22)15-10-11-17-14(12-15)9-8-13-6-4-5-7-16(13)20-17/h4-7,10-12,20H,8-9H2,1-3H3,(H,21,22). The van der Waals surface area contributed by atoms with Crippen molar-refractivity contribution in [3.8, 4) is 0 Å². The lowest BCUT2D eigenvalue weighted by Gasteiger charge is -2.21. The number of anilines is 2. The SMILES string of the molecule is CC(C)(C)NC(=O)c1ccc2c(c1)CCc1ccccc1N2. The molecule has 0 aliphatic carbocycles. The van der Waals surface area contributed by atoms with E-state index in [1.165, 1.54) is 11.1 Å². The lowest BCUT2D eigenvalue weighted by molar-refractivity contribution is 0.0919. The molecule has 0 aromatic heterocycles. The molecule has 3 heteroatoms. The number of amides is 1. The van der Waals surface area contributed by atoms with Crippen molar-refractivity contribution in [2.75, 3.05) is 5.32 Å².